The minimum atomic E-state index is -0.397. The molecule has 3 rings (SSSR count). The molecule has 0 atom stereocenters. The first-order valence-corrected chi connectivity index (χ1v) is 6.86. The predicted octanol–water partition coefficient (Wildman–Crippen LogP) is 2.83. The quantitative estimate of drug-likeness (QED) is 0.656. The average Bonchev–Trinajstić information content (AvgIpc) is 2.36. The summed E-state index contributed by atoms with van der Waals surface area (Å²) in [5.74, 6) is -0.0848. The lowest BCUT2D eigenvalue weighted by atomic mass is 9.78. The Hall–Kier alpha value is -2.11. The van der Waals surface area contributed by atoms with Crippen molar-refractivity contribution in [3.63, 3.8) is 0 Å². The molecule has 2 N–H and O–H groups in total. The second-order valence-electron chi connectivity index (χ2n) is 5.87. The molecule has 6 nitrogen and oxygen atoms in total. The molecule has 1 aliphatic heterocycles. The number of fused-ring (bicyclic) bond motifs is 1. The maximum atomic E-state index is 11.4. The molecule has 1 fully saturated rings. The smallest absolute Gasteiger partial charge is 0.294 e. The van der Waals surface area contributed by atoms with E-state index in [2.05, 4.69) is 17.6 Å². The van der Waals surface area contributed by atoms with Gasteiger partial charge in [-0.05, 0) is 44.2 Å². The van der Waals surface area contributed by atoms with Gasteiger partial charge in [-0.2, -0.15) is 0 Å². The van der Waals surface area contributed by atoms with Crippen LogP contribution in [0, 0.1) is 10.1 Å². The van der Waals surface area contributed by atoms with Crippen LogP contribution in [0.2, 0.25) is 0 Å². The van der Waals surface area contributed by atoms with E-state index in [1.165, 1.54) is 6.07 Å². The summed E-state index contributed by atoms with van der Waals surface area (Å²) in [6.07, 6.45) is 4.26. The van der Waals surface area contributed by atoms with Gasteiger partial charge in [-0.25, -0.2) is 0 Å². The van der Waals surface area contributed by atoms with Gasteiger partial charge in [-0.3, -0.25) is 14.9 Å². The maximum Gasteiger partial charge on any atom is 0.294 e. The molecule has 0 spiro atoms. The Labute approximate surface area is 116 Å². The van der Waals surface area contributed by atoms with E-state index in [-0.39, 0.29) is 17.1 Å². The highest BCUT2D eigenvalue weighted by Crippen LogP contribution is 2.40. The minimum Gasteiger partial charge on any atom is -0.374 e. The first-order valence-electron chi connectivity index (χ1n) is 6.86. The van der Waals surface area contributed by atoms with Crippen LogP contribution in [0.4, 0.5) is 17.1 Å². The molecular formula is C14H17N3O3. The lowest BCUT2D eigenvalue weighted by molar-refractivity contribution is -0.383. The zero-order valence-electron chi connectivity index (χ0n) is 11.4. The summed E-state index contributed by atoms with van der Waals surface area (Å²) in [5.41, 5.74) is 2.07. The van der Waals surface area contributed by atoms with Crippen molar-refractivity contribution in [2.75, 3.05) is 10.6 Å². The van der Waals surface area contributed by atoms with E-state index in [9.17, 15) is 14.9 Å². The maximum absolute atomic E-state index is 11.4. The van der Waals surface area contributed by atoms with Gasteiger partial charge in [0.15, 0.2) is 0 Å². The Kier molecular flexibility index (Phi) is 2.88. The molecule has 0 radical (unpaired) electrons. The van der Waals surface area contributed by atoms with Crippen molar-refractivity contribution < 1.29 is 9.72 Å². The second-order valence-corrected chi connectivity index (χ2v) is 5.87. The number of nitro groups is 1. The van der Waals surface area contributed by atoms with Gasteiger partial charge in [0.1, 0.15) is 5.69 Å². The zero-order chi connectivity index (χ0) is 14.3. The molecular weight excluding hydrogens is 258 g/mol. The average molecular weight is 275 g/mol. The van der Waals surface area contributed by atoms with Gasteiger partial charge >= 0.3 is 0 Å². The topological polar surface area (TPSA) is 84.3 Å². The van der Waals surface area contributed by atoms with E-state index in [4.69, 9.17) is 0 Å². The minimum absolute atomic E-state index is 0.0269. The van der Waals surface area contributed by atoms with Crippen molar-refractivity contribution >= 4 is 23.0 Å². The van der Waals surface area contributed by atoms with Gasteiger partial charge in [0.2, 0.25) is 5.91 Å². The van der Waals surface area contributed by atoms with Gasteiger partial charge in [0.25, 0.3) is 5.69 Å². The number of carbonyl (C=O) groups is 1. The van der Waals surface area contributed by atoms with Gasteiger partial charge < -0.3 is 10.6 Å². The number of nitrogens with zero attached hydrogens (tertiary/aromatic N) is 1. The number of carbonyl (C=O) groups excluding carboxylic acids is 1. The van der Waals surface area contributed by atoms with Crippen molar-refractivity contribution in [2.45, 2.75) is 44.6 Å². The molecule has 1 aromatic carbocycles. The Morgan fingerprint density at radius 3 is 2.70 bits per heavy atom. The number of hydrogen-bond donors (Lipinski definition) is 2. The van der Waals surface area contributed by atoms with Crippen molar-refractivity contribution in [3.8, 4) is 0 Å². The molecule has 0 unspecified atom stereocenters. The van der Waals surface area contributed by atoms with Crippen LogP contribution in [0.1, 0.15) is 38.2 Å². The van der Waals surface area contributed by atoms with Gasteiger partial charge in [-0.1, -0.05) is 0 Å². The molecule has 1 heterocycles. The van der Waals surface area contributed by atoms with Crippen LogP contribution in [0.5, 0.6) is 0 Å². The van der Waals surface area contributed by atoms with Crippen LogP contribution in [0.3, 0.4) is 0 Å². The van der Waals surface area contributed by atoms with E-state index in [0.29, 0.717) is 24.2 Å². The molecule has 1 aliphatic carbocycles. The molecule has 106 valence electrons. The van der Waals surface area contributed by atoms with Crippen LogP contribution in [0.25, 0.3) is 0 Å². The van der Waals surface area contributed by atoms with Gasteiger partial charge in [0.05, 0.1) is 10.6 Å². The Balaban J connectivity index is 1.99. The van der Waals surface area contributed by atoms with Crippen LogP contribution in [-0.2, 0) is 11.2 Å². The number of aryl methyl sites for hydroxylation is 1. The lowest BCUT2D eigenvalue weighted by Gasteiger charge is -2.40. The third-order valence-electron chi connectivity index (χ3n) is 4.21. The summed E-state index contributed by atoms with van der Waals surface area (Å²) in [7, 11) is 0. The normalized spacial score (nSPS) is 19.6. The van der Waals surface area contributed by atoms with Crippen LogP contribution >= 0.6 is 0 Å². The van der Waals surface area contributed by atoms with E-state index < -0.39 is 4.92 Å². The third-order valence-corrected chi connectivity index (χ3v) is 4.21. The molecule has 0 saturated heterocycles. The molecule has 0 bridgehead atoms. The van der Waals surface area contributed by atoms with Crippen molar-refractivity contribution in [1.82, 2.24) is 0 Å². The fourth-order valence-corrected chi connectivity index (χ4v) is 2.83. The summed E-state index contributed by atoms with van der Waals surface area (Å²) in [4.78, 5) is 22.2. The summed E-state index contributed by atoms with van der Waals surface area (Å²) >= 11 is 0. The van der Waals surface area contributed by atoms with Gasteiger partial charge in [-0.15, -0.1) is 0 Å². The monoisotopic (exact) mass is 275 g/mol. The standard InChI is InChI=1S/C14H17N3O3/c1-14(5-2-6-14)16-11-7-9-3-4-13(18)15-10(9)8-12(11)17(19)20/h7-8,16H,2-6H2,1H3,(H,15,18). The molecule has 1 amide bonds. The number of anilines is 2. The number of benzene rings is 1. The predicted molar refractivity (Wildman–Crippen MR) is 75.9 cm³/mol. The molecule has 2 aliphatic rings. The summed E-state index contributed by atoms with van der Waals surface area (Å²) < 4.78 is 0. The lowest BCUT2D eigenvalue weighted by Crippen LogP contribution is -2.41. The largest absolute Gasteiger partial charge is 0.374 e. The highest BCUT2D eigenvalue weighted by Gasteiger charge is 2.34. The van der Waals surface area contributed by atoms with E-state index in [1.54, 1.807) is 0 Å². The zero-order valence-corrected chi connectivity index (χ0v) is 11.4. The Morgan fingerprint density at radius 2 is 2.10 bits per heavy atom. The van der Waals surface area contributed by atoms with Crippen molar-refractivity contribution in [1.29, 1.82) is 0 Å². The van der Waals surface area contributed by atoms with E-state index >= 15 is 0 Å². The molecule has 1 aromatic rings. The van der Waals surface area contributed by atoms with Crippen molar-refractivity contribution in [3.05, 3.63) is 27.8 Å². The fraction of sp³-hybridized carbons (Fsp3) is 0.500. The summed E-state index contributed by atoms with van der Waals surface area (Å²) in [6, 6.07) is 3.28. The van der Waals surface area contributed by atoms with Crippen LogP contribution < -0.4 is 10.6 Å². The highest BCUT2D eigenvalue weighted by atomic mass is 16.6. The molecule has 0 aromatic heterocycles. The molecule has 1 saturated carbocycles. The SMILES string of the molecule is CC1(Nc2cc3c(cc2[N+](=O)[O-])NC(=O)CC3)CCC1. The number of hydrogen-bond acceptors (Lipinski definition) is 4. The van der Waals surface area contributed by atoms with E-state index in [0.717, 1.165) is 24.8 Å². The number of nitrogens with one attached hydrogen (secondary N) is 2. The Morgan fingerprint density at radius 1 is 1.35 bits per heavy atom. The first kappa shape index (κ1) is 12.9. The van der Waals surface area contributed by atoms with Crippen molar-refractivity contribution in [2.24, 2.45) is 0 Å². The number of amides is 1. The van der Waals surface area contributed by atoms with Gasteiger partial charge in [0, 0.05) is 18.0 Å². The molecule has 20 heavy (non-hydrogen) atoms. The number of nitro benzene ring substituents is 1. The summed E-state index contributed by atoms with van der Waals surface area (Å²) in [6.45, 7) is 2.08. The van der Waals surface area contributed by atoms with Crippen LogP contribution in [-0.4, -0.2) is 16.4 Å². The fourth-order valence-electron chi connectivity index (χ4n) is 2.83. The van der Waals surface area contributed by atoms with Crippen LogP contribution in [0.15, 0.2) is 12.1 Å². The van der Waals surface area contributed by atoms with E-state index in [1.807, 2.05) is 6.07 Å². The second kappa shape index (κ2) is 4.47. The summed E-state index contributed by atoms with van der Waals surface area (Å²) in [5, 5.41) is 17.2. The highest BCUT2D eigenvalue weighted by molar-refractivity contribution is 5.95. The first-order chi connectivity index (χ1) is 9.47. The Bertz CT molecular complexity index is 594. The molecule has 6 heteroatoms. The number of rotatable bonds is 3. The third kappa shape index (κ3) is 2.21.